The first-order chi connectivity index (χ1) is 14.2. The Hall–Kier alpha value is -3.66. The van der Waals surface area contributed by atoms with Crippen molar-refractivity contribution in [3.05, 3.63) is 126 Å². The number of carbonyl (C=O) groups is 1. The van der Waals surface area contributed by atoms with Crippen LogP contribution in [0, 0.1) is 5.82 Å². The van der Waals surface area contributed by atoms with Gasteiger partial charge in [0.1, 0.15) is 5.82 Å². The van der Waals surface area contributed by atoms with E-state index in [1.807, 2.05) is 60.7 Å². The Bertz CT molecular complexity index is 1050. The highest BCUT2D eigenvalue weighted by Gasteiger charge is 2.29. The molecular weight excluding hydrogens is 365 g/mol. The Morgan fingerprint density at radius 1 is 0.828 bits per heavy atom. The Balaban J connectivity index is 1.82. The fourth-order valence-electron chi connectivity index (χ4n) is 3.43. The third-order valence-electron chi connectivity index (χ3n) is 4.82. The number of amides is 1. The van der Waals surface area contributed by atoms with Gasteiger partial charge in [-0.25, -0.2) is 4.39 Å². The van der Waals surface area contributed by atoms with Crippen LogP contribution in [0.2, 0.25) is 0 Å². The SMILES string of the molecule is O=C(c1ccco1)N(c1ccccc1)C(Cc1ccccc1)c1ccc(F)cc1. The molecule has 0 N–H and O–H groups in total. The summed E-state index contributed by atoms with van der Waals surface area (Å²) in [6.45, 7) is 0. The molecule has 3 aromatic carbocycles. The number of halogens is 1. The molecule has 0 aliphatic heterocycles. The molecule has 0 aliphatic carbocycles. The minimum Gasteiger partial charge on any atom is -0.459 e. The molecule has 4 rings (SSSR count). The maximum atomic E-state index is 13.6. The Morgan fingerprint density at radius 3 is 2.10 bits per heavy atom. The molecule has 1 atom stereocenters. The summed E-state index contributed by atoms with van der Waals surface area (Å²) in [5.74, 6) is -0.295. The number of benzene rings is 3. The van der Waals surface area contributed by atoms with Gasteiger partial charge in [0.05, 0.1) is 12.3 Å². The van der Waals surface area contributed by atoms with Crippen LogP contribution in [0.3, 0.4) is 0 Å². The van der Waals surface area contributed by atoms with Gasteiger partial charge in [-0.05, 0) is 53.9 Å². The van der Waals surface area contributed by atoms with Crippen molar-refractivity contribution in [2.75, 3.05) is 4.90 Å². The second kappa shape index (κ2) is 8.57. The first-order valence-electron chi connectivity index (χ1n) is 9.44. The summed E-state index contributed by atoms with van der Waals surface area (Å²) in [4.78, 5) is 15.2. The van der Waals surface area contributed by atoms with Gasteiger partial charge in [-0.1, -0.05) is 60.7 Å². The van der Waals surface area contributed by atoms with Crippen LogP contribution in [-0.4, -0.2) is 5.91 Å². The van der Waals surface area contributed by atoms with Gasteiger partial charge in [-0.2, -0.15) is 0 Å². The number of carbonyl (C=O) groups excluding carboxylic acids is 1. The molecule has 4 aromatic rings. The molecule has 3 nitrogen and oxygen atoms in total. The monoisotopic (exact) mass is 385 g/mol. The van der Waals surface area contributed by atoms with Crippen LogP contribution in [-0.2, 0) is 6.42 Å². The quantitative estimate of drug-likeness (QED) is 0.405. The Kier molecular flexibility index (Phi) is 5.52. The molecule has 0 radical (unpaired) electrons. The van der Waals surface area contributed by atoms with Crippen molar-refractivity contribution in [3.8, 4) is 0 Å². The lowest BCUT2D eigenvalue weighted by Gasteiger charge is -2.32. The number of hydrogen-bond donors (Lipinski definition) is 0. The van der Waals surface area contributed by atoms with E-state index in [4.69, 9.17) is 4.42 Å². The van der Waals surface area contributed by atoms with Crippen LogP contribution in [0.5, 0.6) is 0 Å². The minimum absolute atomic E-state index is 0.244. The van der Waals surface area contributed by atoms with E-state index in [1.165, 1.54) is 18.4 Å². The lowest BCUT2D eigenvalue weighted by Crippen LogP contribution is -2.36. The molecule has 1 aromatic heterocycles. The van der Waals surface area contributed by atoms with Gasteiger partial charge in [-0.15, -0.1) is 0 Å². The van der Waals surface area contributed by atoms with Crippen LogP contribution in [0.25, 0.3) is 0 Å². The third kappa shape index (κ3) is 4.27. The summed E-state index contributed by atoms with van der Waals surface area (Å²) in [6.07, 6.45) is 2.06. The molecule has 1 heterocycles. The molecular formula is C25H20FNO2. The van der Waals surface area contributed by atoms with Crippen molar-refractivity contribution >= 4 is 11.6 Å². The van der Waals surface area contributed by atoms with Gasteiger partial charge >= 0.3 is 0 Å². The summed E-state index contributed by atoms with van der Waals surface area (Å²) in [7, 11) is 0. The second-order valence-electron chi connectivity index (χ2n) is 6.75. The fraction of sp³-hybridized carbons (Fsp3) is 0.0800. The highest BCUT2D eigenvalue weighted by molar-refractivity contribution is 6.04. The van der Waals surface area contributed by atoms with E-state index in [-0.39, 0.29) is 23.5 Å². The molecule has 29 heavy (non-hydrogen) atoms. The number of rotatable bonds is 6. The molecule has 0 spiro atoms. The van der Waals surface area contributed by atoms with E-state index in [0.717, 1.165) is 16.8 Å². The van der Waals surface area contributed by atoms with Gasteiger partial charge in [0.15, 0.2) is 5.76 Å². The molecule has 0 saturated heterocycles. The van der Waals surface area contributed by atoms with Gasteiger partial charge < -0.3 is 4.42 Å². The highest BCUT2D eigenvalue weighted by atomic mass is 19.1. The van der Waals surface area contributed by atoms with Gasteiger partial charge in [0.2, 0.25) is 0 Å². The summed E-state index contributed by atoms with van der Waals surface area (Å²) in [5, 5.41) is 0. The number of furan rings is 1. The van der Waals surface area contributed by atoms with Gasteiger partial charge in [0.25, 0.3) is 5.91 Å². The van der Waals surface area contributed by atoms with Crippen LogP contribution in [0.15, 0.2) is 108 Å². The zero-order valence-electron chi connectivity index (χ0n) is 15.7. The van der Waals surface area contributed by atoms with Crippen LogP contribution in [0.1, 0.15) is 27.7 Å². The molecule has 0 bridgehead atoms. The molecule has 0 aliphatic rings. The lowest BCUT2D eigenvalue weighted by atomic mass is 9.96. The Morgan fingerprint density at radius 2 is 1.48 bits per heavy atom. The fourth-order valence-corrected chi connectivity index (χ4v) is 3.43. The number of anilines is 1. The Labute approximate surface area is 169 Å². The van der Waals surface area contributed by atoms with E-state index < -0.39 is 0 Å². The van der Waals surface area contributed by atoms with E-state index in [2.05, 4.69) is 0 Å². The second-order valence-corrected chi connectivity index (χ2v) is 6.75. The number of para-hydroxylation sites is 1. The van der Waals surface area contributed by atoms with Gasteiger partial charge in [-0.3, -0.25) is 9.69 Å². The van der Waals surface area contributed by atoms with Crippen molar-refractivity contribution < 1.29 is 13.6 Å². The highest BCUT2D eigenvalue weighted by Crippen LogP contribution is 2.32. The lowest BCUT2D eigenvalue weighted by molar-refractivity contribution is 0.0949. The maximum Gasteiger partial charge on any atom is 0.294 e. The van der Waals surface area contributed by atoms with Crippen molar-refractivity contribution in [1.29, 1.82) is 0 Å². The number of hydrogen-bond acceptors (Lipinski definition) is 2. The molecule has 0 fully saturated rings. The molecule has 144 valence electrons. The molecule has 0 saturated carbocycles. The van der Waals surface area contributed by atoms with E-state index in [0.29, 0.717) is 6.42 Å². The molecule has 1 amide bonds. The van der Waals surface area contributed by atoms with Gasteiger partial charge in [0, 0.05) is 5.69 Å². The van der Waals surface area contributed by atoms with Crippen molar-refractivity contribution in [2.45, 2.75) is 12.5 Å². The zero-order valence-corrected chi connectivity index (χ0v) is 15.7. The maximum absolute atomic E-state index is 13.6. The van der Waals surface area contributed by atoms with E-state index in [9.17, 15) is 9.18 Å². The molecule has 4 heteroatoms. The topological polar surface area (TPSA) is 33.5 Å². The first kappa shape index (κ1) is 18.7. The molecule has 1 unspecified atom stereocenters. The third-order valence-corrected chi connectivity index (χ3v) is 4.82. The standard InChI is InChI=1S/C25H20FNO2/c26-21-15-13-20(14-16-21)23(18-19-8-3-1-4-9-19)27(22-10-5-2-6-11-22)25(28)24-12-7-17-29-24/h1-17,23H,18H2. The predicted octanol–water partition coefficient (Wildman–Crippen LogP) is 6.05. The zero-order chi connectivity index (χ0) is 20.1. The largest absolute Gasteiger partial charge is 0.459 e. The predicted molar refractivity (Wildman–Crippen MR) is 111 cm³/mol. The summed E-state index contributed by atoms with van der Waals surface area (Å²) in [5.41, 5.74) is 2.67. The normalized spacial score (nSPS) is 11.8. The van der Waals surface area contributed by atoms with Crippen LogP contribution in [0.4, 0.5) is 10.1 Å². The minimum atomic E-state index is -0.335. The smallest absolute Gasteiger partial charge is 0.294 e. The van der Waals surface area contributed by atoms with Crippen molar-refractivity contribution in [3.63, 3.8) is 0 Å². The summed E-state index contributed by atoms with van der Waals surface area (Å²) in [6, 6.07) is 28.7. The summed E-state index contributed by atoms with van der Waals surface area (Å²) >= 11 is 0. The van der Waals surface area contributed by atoms with E-state index in [1.54, 1.807) is 29.2 Å². The number of nitrogens with zero attached hydrogens (tertiary/aromatic N) is 1. The average Bonchev–Trinajstić information content (AvgIpc) is 3.30. The summed E-state index contributed by atoms with van der Waals surface area (Å²) < 4.78 is 19.0. The van der Waals surface area contributed by atoms with Crippen molar-refractivity contribution in [1.82, 2.24) is 0 Å². The van der Waals surface area contributed by atoms with Crippen LogP contribution < -0.4 is 4.90 Å². The van der Waals surface area contributed by atoms with Crippen molar-refractivity contribution in [2.24, 2.45) is 0 Å². The van der Waals surface area contributed by atoms with Crippen LogP contribution >= 0.6 is 0 Å². The van der Waals surface area contributed by atoms with E-state index >= 15 is 0 Å². The first-order valence-corrected chi connectivity index (χ1v) is 9.44. The average molecular weight is 385 g/mol.